The smallest absolute Gasteiger partial charge is 0.310 e. The molecular formula is C17H23NO3. The lowest BCUT2D eigenvalue weighted by atomic mass is 9.76. The molecule has 4 heteroatoms. The van der Waals surface area contributed by atoms with E-state index in [-0.39, 0.29) is 17.8 Å². The molecule has 4 nitrogen and oxygen atoms in total. The summed E-state index contributed by atoms with van der Waals surface area (Å²) in [6, 6.07) is 9.02. The van der Waals surface area contributed by atoms with Gasteiger partial charge in [-0.3, -0.25) is 9.69 Å². The molecule has 114 valence electrons. The molecule has 2 saturated heterocycles. The summed E-state index contributed by atoms with van der Waals surface area (Å²) in [6.45, 7) is 0. The zero-order chi connectivity index (χ0) is 15.0. The summed E-state index contributed by atoms with van der Waals surface area (Å²) in [5, 5.41) is 0. The highest BCUT2D eigenvalue weighted by atomic mass is 16.5. The minimum Gasteiger partial charge on any atom is -0.497 e. The van der Waals surface area contributed by atoms with Gasteiger partial charge in [-0.15, -0.1) is 0 Å². The van der Waals surface area contributed by atoms with E-state index in [0.29, 0.717) is 12.1 Å². The summed E-state index contributed by atoms with van der Waals surface area (Å²) in [5.74, 6) is 0.960. The first-order valence-electron chi connectivity index (χ1n) is 7.59. The zero-order valence-electron chi connectivity index (χ0n) is 12.9. The monoisotopic (exact) mass is 289 g/mol. The van der Waals surface area contributed by atoms with Crippen molar-refractivity contribution in [2.24, 2.45) is 5.92 Å². The number of fused-ring (bicyclic) bond motifs is 2. The van der Waals surface area contributed by atoms with Crippen molar-refractivity contribution < 1.29 is 14.3 Å². The van der Waals surface area contributed by atoms with E-state index in [9.17, 15) is 4.79 Å². The van der Waals surface area contributed by atoms with E-state index >= 15 is 0 Å². The second kappa shape index (κ2) is 5.68. The molecule has 2 heterocycles. The van der Waals surface area contributed by atoms with Crippen molar-refractivity contribution in [3.8, 4) is 5.75 Å². The summed E-state index contributed by atoms with van der Waals surface area (Å²) in [5.41, 5.74) is 1.22. The normalized spacial score (nSPS) is 32.0. The molecule has 0 radical (unpaired) electrons. The fourth-order valence-electron chi connectivity index (χ4n) is 4.12. The van der Waals surface area contributed by atoms with Gasteiger partial charge in [-0.25, -0.2) is 0 Å². The molecule has 0 aromatic heterocycles. The molecule has 2 fully saturated rings. The lowest BCUT2D eigenvalue weighted by molar-refractivity contribution is -0.150. The number of rotatable bonds is 3. The van der Waals surface area contributed by atoms with Gasteiger partial charge in [-0.05, 0) is 44.0 Å². The number of piperidine rings is 1. The number of ether oxygens (including phenoxy) is 2. The molecule has 0 spiro atoms. The predicted molar refractivity (Wildman–Crippen MR) is 80.4 cm³/mol. The van der Waals surface area contributed by atoms with Crippen LogP contribution in [0.4, 0.5) is 0 Å². The first-order chi connectivity index (χ1) is 10.2. The summed E-state index contributed by atoms with van der Waals surface area (Å²) < 4.78 is 10.3. The van der Waals surface area contributed by atoms with E-state index in [4.69, 9.17) is 9.47 Å². The zero-order valence-corrected chi connectivity index (χ0v) is 12.9. The van der Waals surface area contributed by atoms with Crippen molar-refractivity contribution >= 4 is 5.97 Å². The Bertz CT molecular complexity index is 513. The van der Waals surface area contributed by atoms with Gasteiger partial charge in [0.05, 0.1) is 20.1 Å². The average molecular weight is 289 g/mol. The number of methoxy groups -OCH3 is 2. The second-order valence-corrected chi connectivity index (χ2v) is 6.13. The topological polar surface area (TPSA) is 38.8 Å². The highest BCUT2D eigenvalue weighted by Crippen LogP contribution is 2.46. The first-order valence-corrected chi connectivity index (χ1v) is 7.59. The van der Waals surface area contributed by atoms with Gasteiger partial charge < -0.3 is 9.47 Å². The van der Waals surface area contributed by atoms with Crippen molar-refractivity contribution in [1.29, 1.82) is 0 Å². The molecule has 0 amide bonds. The van der Waals surface area contributed by atoms with Crippen LogP contribution in [0.3, 0.4) is 0 Å². The van der Waals surface area contributed by atoms with Crippen molar-refractivity contribution in [3.63, 3.8) is 0 Å². The van der Waals surface area contributed by atoms with Crippen molar-refractivity contribution in [3.05, 3.63) is 29.8 Å². The fourth-order valence-corrected chi connectivity index (χ4v) is 4.12. The quantitative estimate of drug-likeness (QED) is 0.801. The molecule has 2 unspecified atom stereocenters. The van der Waals surface area contributed by atoms with Gasteiger partial charge in [0, 0.05) is 18.0 Å². The van der Waals surface area contributed by atoms with E-state index in [1.807, 2.05) is 12.1 Å². The number of esters is 1. The highest BCUT2D eigenvalue weighted by molar-refractivity contribution is 5.75. The SMILES string of the molecule is COC(=O)[C@@H]1C2CCC(C[C@@H]1c1ccc(OC)cc1)N2C. The van der Waals surface area contributed by atoms with Gasteiger partial charge >= 0.3 is 5.97 Å². The molecule has 1 aromatic rings. The largest absolute Gasteiger partial charge is 0.497 e. The number of nitrogens with zero attached hydrogens (tertiary/aromatic N) is 1. The van der Waals surface area contributed by atoms with Crippen LogP contribution in [0.25, 0.3) is 0 Å². The molecule has 2 aliphatic rings. The van der Waals surface area contributed by atoms with E-state index in [2.05, 4.69) is 24.1 Å². The molecule has 1 aromatic carbocycles. The number of carbonyl (C=O) groups is 1. The van der Waals surface area contributed by atoms with Crippen LogP contribution >= 0.6 is 0 Å². The average Bonchev–Trinajstić information content (AvgIpc) is 2.76. The van der Waals surface area contributed by atoms with Crippen LogP contribution in [-0.4, -0.2) is 44.2 Å². The van der Waals surface area contributed by atoms with E-state index in [1.54, 1.807) is 7.11 Å². The van der Waals surface area contributed by atoms with Crippen molar-refractivity contribution in [2.75, 3.05) is 21.3 Å². The van der Waals surface area contributed by atoms with E-state index < -0.39 is 0 Å². The van der Waals surface area contributed by atoms with Gasteiger partial charge in [0.2, 0.25) is 0 Å². The van der Waals surface area contributed by atoms with Crippen LogP contribution in [-0.2, 0) is 9.53 Å². The van der Waals surface area contributed by atoms with Gasteiger partial charge in [0.25, 0.3) is 0 Å². The van der Waals surface area contributed by atoms with Crippen LogP contribution in [0, 0.1) is 5.92 Å². The highest BCUT2D eigenvalue weighted by Gasteiger charge is 2.49. The molecule has 2 aliphatic heterocycles. The van der Waals surface area contributed by atoms with Gasteiger partial charge in [-0.1, -0.05) is 12.1 Å². The lowest BCUT2D eigenvalue weighted by Gasteiger charge is -2.41. The first kappa shape index (κ1) is 14.4. The Labute approximate surface area is 126 Å². The molecule has 2 bridgehead atoms. The number of carbonyl (C=O) groups excluding carboxylic acids is 1. The minimum absolute atomic E-state index is 0.0628. The lowest BCUT2D eigenvalue weighted by Crippen LogP contribution is -2.49. The minimum atomic E-state index is -0.0759. The maximum atomic E-state index is 12.3. The number of hydrogen-bond acceptors (Lipinski definition) is 4. The standard InChI is InChI=1S/C17H23NO3/c1-18-12-6-9-15(18)16(17(19)21-3)14(10-12)11-4-7-13(20-2)8-5-11/h4-5,7-8,12,14-16H,6,9-10H2,1-3H3/t12?,14-,15?,16+/m1/s1. The predicted octanol–water partition coefficient (Wildman–Crippen LogP) is 2.43. The Morgan fingerprint density at radius 2 is 1.90 bits per heavy atom. The van der Waals surface area contributed by atoms with Crippen LogP contribution in [0.1, 0.15) is 30.7 Å². The molecule has 0 aliphatic carbocycles. The second-order valence-electron chi connectivity index (χ2n) is 6.13. The molecule has 21 heavy (non-hydrogen) atoms. The van der Waals surface area contributed by atoms with Gasteiger partial charge in [0.15, 0.2) is 0 Å². The molecule has 3 rings (SSSR count). The van der Waals surface area contributed by atoms with Crippen LogP contribution in [0.2, 0.25) is 0 Å². The van der Waals surface area contributed by atoms with E-state index in [1.165, 1.54) is 19.1 Å². The van der Waals surface area contributed by atoms with Gasteiger partial charge in [-0.2, -0.15) is 0 Å². The fraction of sp³-hybridized carbons (Fsp3) is 0.588. The molecule has 0 N–H and O–H groups in total. The van der Waals surface area contributed by atoms with Crippen molar-refractivity contribution in [1.82, 2.24) is 4.90 Å². The maximum Gasteiger partial charge on any atom is 0.310 e. The molecule has 0 saturated carbocycles. The third-order valence-electron chi connectivity index (χ3n) is 5.29. The molecule has 4 atom stereocenters. The number of benzene rings is 1. The Morgan fingerprint density at radius 3 is 2.52 bits per heavy atom. The summed E-state index contributed by atoms with van der Waals surface area (Å²) in [4.78, 5) is 14.7. The molecular weight excluding hydrogens is 266 g/mol. The number of hydrogen-bond donors (Lipinski definition) is 0. The Morgan fingerprint density at radius 1 is 1.19 bits per heavy atom. The Kier molecular flexibility index (Phi) is 3.89. The van der Waals surface area contributed by atoms with E-state index in [0.717, 1.165) is 18.6 Å². The summed E-state index contributed by atoms with van der Waals surface area (Å²) >= 11 is 0. The van der Waals surface area contributed by atoms with Crippen LogP contribution < -0.4 is 4.74 Å². The van der Waals surface area contributed by atoms with Crippen LogP contribution in [0.5, 0.6) is 5.75 Å². The Balaban J connectivity index is 1.92. The van der Waals surface area contributed by atoms with Crippen molar-refractivity contribution in [2.45, 2.75) is 37.3 Å². The van der Waals surface area contributed by atoms with Crippen LogP contribution in [0.15, 0.2) is 24.3 Å². The summed E-state index contributed by atoms with van der Waals surface area (Å²) in [7, 11) is 5.30. The Hall–Kier alpha value is -1.55. The van der Waals surface area contributed by atoms with Gasteiger partial charge in [0.1, 0.15) is 5.75 Å². The summed E-state index contributed by atoms with van der Waals surface area (Å²) in [6.07, 6.45) is 3.30. The maximum absolute atomic E-state index is 12.3. The third-order valence-corrected chi connectivity index (χ3v) is 5.29. The third kappa shape index (κ3) is 2.42.